The van der Waals surface area contributed by atoms with E-state index in [1.165, 1.54) is 18.2 Å². The Morgan fingerprint density at radius 2 is 2.10 bits per heavy atom. The van der Waals surface area contributed by atoms with Gasteiger partial charge in [0, 0.05) is 15.1 Å². The minimum absolute atomic E-state index is 0.0971. The molecule has 0 aromatic heterocycles. The third kappa shape index (κ3) is 3.38. The van der Waals surface area contributed by atoms with Crippen LogP contribution in [0.15, 0.2) is 34.8 Å². The van der Waals surface area contributed by atoms with Crippen molar-refractivity contribution in [2.24, 2.45) is 0 Å². The van der Waals surface area contributed by atoms with Crippen molar-refractivity contribution in [3.63, 3.8) is 0 Å². The third-order valence-corrected chi connectivity index (χ3v) is 3.60. The summed E-state index contributed by atoms with van der Waals surface area (Å²) in [6, 6.07) is 7.59. The van der Waals surface area contributed by atoms with Crippen LogP contribution in [0.25, 0.3) is 0 Å². The Morgan fingerprint density at radius 3 is 2.80 bits per heavy atom. The maximum atomic E-state index is 13.2. The summed E-state index contributed by atoms with van der Waals surface area (Å²) in [5.41, 5.74) is 1.78. The number of halogens is 3. The van der Waals surface area contributed by atoms with E-state index in [1.54, 1.807) is 6.07 Å². The Labute approximate surface area is 129 Å². The quantitative estimate of drug-likeness (QED) is 0.724. The first-order valence-corrected chi connectivity index (χ1v) is 7.00. The molecule has 0 fully saturated rings. The van der Waals surface area contributed by atoms with Gasteiger partial charge >= 0.3 is 0 Å². The SMILES string of the molecule is Cc1cc(Br)cc(C=O)c1OCc1cc(F)ccc1Cl. The van der Waals surface area contributed by atoms with Gasteiger partial charge in [-0.3, -0.25) is 4.79 Å². The first kappa shape index (κ1) is 15.0. The molecule has 2 nitrogen and oxygen atoms in total. The number of aldehydes is 1. The normalized spacial score (nSPS) is 10.4. The number of rotatable bonds is 4. The van der Waals surface area contributed by atoms with Crippen LogP contribution in [0.4, 0.5) is 4.39 Å². The highest BCUT2D eigenvalue weighted by atomic mass is 79.9. The Balaban J connectivity index is 2.27. The van der Waals surface area contributed by atoms with E-state index in [2.05, 4.69) is 15.9 Å². The lowest BCUT2D eigenvalue weighted by Gasteiger charge is -2.13. The van der Waals surface area contributed by atoms with Gasteiger partial charge in [0.05, 0.1) is 5.56 Å². The molecule has 2 aromatic rings. The first-order valence-electron chi connectivity index (χ1n) is 5.83. The molecule has 0 saturated carbocycles. The molecule has 0 unspecified atom stereocenters. The van der Waals surface area contributed by atoms with E-state index in [4.69, 9.17) is 16.3 Å². The second kappa shape index (κ2) is 6.37. The van der Waals surface area contributed by atoms with Crippen LogP contribution in [0.5, 0.6) is 5.75 Å². The minimum Gasteiger partial charge on any atom is -0.488 e. The molecular formula is C15H11BrClFO2. The fourth-order valence-corrected chi connectivity index (χ4v) is 2.61. The molecule has 20 heavy (non-hydrogen) atoms. The Bertz CT molecular complexity index is 659. The molecule has 0 saturated heterocycles. The molecule has 104 valence electrons. The fraction of sp³-hybridized carbons (Fsp3) is 0.133. The van der Waals surface area contributed by atoms with Crippen LogP contribution in [-0.4, -0.2) is 6.29 Å². The number of carbonyl (C=O) groups is 1. The van der Waals surface area contributed by atoms with Crippen molar-refractivity contribution in [2.75, 3.05) is 0 Å². The summed E-state index contributed by atoms with van der Waals surface area (Å²) in [4.78, 5) is 11.1. The summed E-state index contributed by atoms with van der Waals surface area (Å²) in [7, 11) is 0. The summed E-state index contributed by atoms with van der Waals surface area (Å²) < 4.78 is 19.6. The predicted octanol–water partition coefficient (Wildman–Crippen LogP) is 4.94. The van der Waals surface area contributed by atoms with Gasteiger partial charge < -0.3 is 4.74 Å². The smallest absolute Gasteiger partial charge is 0.153 e. The van der Waals surface area contributed by atoms with Crippen LogP contribution < -0.4 is 4.74 Å². The lowest BCUT2D eigenvalue weighted by Crippen LogP contribution is -2.01. The zero-order valence-corrected chi connectivity index (χ0v) is 13.0. The summed E-state index contributed by atoms with van der Waals surface area (Å²) in [5, 5.41) is 0.425. The highest BCUT2D eigenvalue weighted by Gasteiger charge is 2.10. The topological polar surface area (TPSA) is 26.3 Å². The predicted molar refractivity (Wildman–Crippen MR) is 80.0 cm³/mol. The number of aryl methyl sites for hydroxylation is 1. The van der Waals surface area contributed by atoms with Gasteiger partial charge in [0.1, 0.15) is 18.2 Å². The van der Waals surface area contributed by atoms with Crippen molar-refractivity contribution in [3.8, 4) is 5.75 Å². The molecule has 2 aromatic carbocycles. The summed E-state index contributed by atoms with van der Waals surface area (Å²) in [6.45, 7) is 1.93. The average Bonchev–Trinajstić information content (AvgIpc) is 2.40. The average molecular weight is 358 g/mol. The van der Waals surface area contributed by atoms with Gasteiger partial charge in [0.25, 0.3) is 0 Å². The van der Waals surface area contributed by atoms with Crippen molar-refractivity contribution in [1.82, 2.24) is 0 Å². The summed E-state index contributed by atoms with van der Waals surface area (Å²) in [6.07, 6.45) is 0.722. The van der Waals surface area contributed by atoms with E-state index < -0.39 is 0 Å². The summed E-state index contributed by atoms with van der Waals surface area (Å²) in [5.74, 6) is 0.0969. The molecule has 0 amide bonds. The Kier molecular flexibility index (Phi) is 4.78. The van der Waals surface area contributed by atoms with E-state index in [0.29, 0.717) is 21.9 Å². The maximum absolute atomic E-state index is 13.2. The molecule has 0 aliphatic rings. The van der Waals surface area contributed by atoms with Gasteiger partial charge in [-0.15, -0.1) is 0 Å². The van der Waals surface area contributed by atoms with Crippen LogP contribution in [0.2, 0.25) is 5.02 Å². The minimum atomic E-state index is -0.379. The summed E-state index contributed by atoms with van der Waals surface area (Å²) >= 11 is 9.30. The Hall–Kier alpha value is -1.39. The van der Waals surface area contributed by atoms with E-state index >= 15 is 0 Å². The molecule has 0 aliphatic carbocycles. The molecule has 0 N–H and O–H groups in total. The van der Waals surface area contributed by atoms with E-state index in [0.717, 1.165) is 16.3 Å². The zero-order chi connectivity index (χ0) is 14.7. The number of benzene rings is 2. The highest BCUT2D eigenvalue weighted by Crippen LogP contribution is 2.28. The van der Waals surface area contributed by atoms with Crippen molar-refractivity contribution in [2.45, 2.75) is 13.5 Å². The van der Waals surface area contributed by atoms with Gasteiger partial charge in [-0.05, 0) is 42.8 Å². The lowest BCUT2D eigenvalue weighted by atomic mass is 10.1. The molecule has 0 radical (unpaired) electrons. The second-order valence-corrected chi connectivity index (χ2v) is 5.61. The first-order chi connectivity index (χ1) is 9.51. The van der Waals surface area contributed by atoms with Gasteiger partial charge in [0.15, 0.2) is 6.29 Å². The standard InChI is InChI=1S/C15H11BrClFO2/c1-9-4-12(16)5-10(7-19)15(9)20-8-11-6-13(18)2-3-14(11)17/h2-7H,8H2,1H3. The van der Waals surface area contributed by atoms with Crippen molar-refractivity contribution < 1.29 is 13.9 Å². The van der Waals surface area contributed by atoms with Crippen LogP contribution in [0, 0.1) is 12.7 Å². The number of ether oxygens (including phenoxy) is 1. The van der Waals surface area contributed by atoms with Gasteiger partial charge in [-0.1, -0.05) is 27.5 Å². The molecule has 0 spiro atoms. The molecule has 0 bridgehead atoms. The van der Waals surface area contributed by atoms with Gasteiger partial charge in [-0.2, -0.15) is 0 Å². The molecule has 0 atom stereocenters. The van der Waals surface area contributed by atoms with Crippen LogP contribution in [0.3, 0.4) is 0 Å². The van der Waals surface area contributed by atoms with Crippen molar-refractivity contribution >= 4 is 33.8 Å². The maximum Gasteiger partial charge on any atom is 0.153 e. The highest BCUT2D eigenvalue weighted by molar-refractivity contribution is 9.10. The zero-order valence-electron chi connectivity index (χ0n) is 10.6. The largest absolute Gasteiger partial charge is 0.488 e. The monoisotopic (exact) mass is 356 g/mol. The Morgan fingerprint density at radius 1 is 1.35 bits per heavy atom. The lowest BCUT2D eigenvalue weighted by molar-refractivity contribution is 0.111. The molecule has 5 heteroatoms. The fourth-order valence-electron chi connectivity index (χ4n) is 1.84. The third-order valence-electron chi connectivity index (χ3n) is 2.77. The second-order valence-electron chi connectivity index (χ2n) is 4.28. The van der Waals surface area contributed by atoms with E-state index in [1.807, 2.05) is 13.0 Å². The molecule has 2 rings (SSSR count). The molecular weight excluding hydrogens is 347 g/mol. The van der Waals surface area contributed by atoms with Crippen LogP contribution >= 0.6 is 27.5 Å². The van der Waals surface area contributed by atoms with Crippen LogP contribution in [0.1, 0.15) is 21.5 Å². The van der Waals surface area contributed by atoms with Gasteiger partial charge in [-0.25, -0.2) is 4.39 Å². The number of hydrogen-bond acceptors (Lipinski definition) is 2. The van der Waals surface area contributed by atoms with Crippen molar-refractivity contribution in [1.29, 1.82) is 0 Å². The number of carbonyl (C=O) groups excluding carboxylic acids is 1. The van der Waals surface area contributed by atoms with Crippen LogP contribution in [-0.2, 0) is 6.61 Å². The molecule has 0 heterocycles. The van der Waals surface area contributed by atoms with Gasteiger partial charge in [0.2, 0.25) is 0 Å². The molecule has 0 aliphatic heterocycles. The van der Waals surface area contributed by atoms with Crippen molar-refractivity contribution in [3.05, 3.63) is 62.3 Å². The van der Waals surface area contributed by atoms with E-state index in [9.17, 15) is 9.18 Å². The van der Waals surface area contributed by atoms with E-state index in [-0.39, 0.29) is 12.4 Å². The number of hydrogen-bond donors (Lipinski definition) is 0.